The van der Waals surface area contributed by atoms with E-state index < -0.39 is 51.7 Å². The van der Waals surface area contributed by atoms with Gasteiger partial charge in [0.15, 0.2) is 0 Å². The molecule has 0 aromatic heterocycles. The smallest absolute Gasteiger partial charge is 0.472 e. The van der Waals surface area contributed by atoms with Gasteiger partial charge in [0, 0.05) is 6.42 Å². The molecule has 0 aromatic rings. The van der Waals surface area contributed by atoms with Gasteiger partial charge >= 0.3 is 19.8 Å². The molecule has 0 aliphatic carbocycles. The summed E-state index contributed by atoms with van der Waals surface area (Å²) in [4.78, 5) is 32.0. The maximum atomic E-state index is 11.9. The Hall–Kier alpha value is -1.81. The number of phosphoric acid groups is 1. The summed E-state index contributed by atoms with van der Waals surface area (Å²) in [7, 11) is -4.61. The number of nitrogens with two attached hydrogens (primary N) is 1. The summed E-state index contributed by atoms with van der Waals surface area (Å²) in [6.07, 6.45) is 20.7. The van der Waals surface area contributed by atoms with Gasteiger partial charge in [-0.15, -0.1) is 0 Å². The molecule has 0 saturated carbocycles. The molecule has 35 heavy (non-hydrogen) atoms. The number of esters is 1. The monoisotopic (exact) mass is 519 g/mol. The minimum absolute atomic E-state index is 0.160. The van der Waals surface area contributed by atoms with Crippen LogP contribution in [-0.4, -0.2) is 59.0 Å². The second kappa shape index (κ2) is 21.5. The molecule has 0 radical (unpaired) electrons. The lowest BCUT2D eigenvalue weighted by Crippen LogP contribution is -2.34. The van der Waals surface area contributed by atoms with Crippen LogP contribution in [0.2, 0.25) is 0 Å². The number of ether oxygens (including phenoxy) is 1. The normalized spacial score (nSPS) is 15.5. The van der Waals surface area contributed by atoms with Crippen LogP contribution in [0.1, 0.15) is 71.1 Å². The standard InChI is InChI=1S/C24H42NO9P/c1-2-3-4-5-6-7-8-9-10-11-12-13-14-15-16-17-23(27)34-21(18-26)19-32-35(30,31)33-20-22(25)24(28)29/h5-10,21-22,26H,2-4,11-20,25H2,1H3,(H,28,29)(H,30,31)/b6-5+,8-7+,10-9-. The Bertz CT molecular complexity index is 709. The zero-order chi connectivity index (χ0) is 26.4. The lowest BCUT2D eigenvalue weighted by Gasteiger charge is -2.18. The molecule has 10 nitrogen and oxygen atoms in total. The number of carbonyl (C=O) groups is 2. The fraction of sp³-hybridized carbons (Fsp3) is 0.667. The second-order valence-corrected chi connectivity index (χ2v) is 9.44. The third-order valence-corrected chi connectivity index (χ3v) is 5.69. The fourth-order valence-electron chi connectivity index (χ4n) is 2.69. The van der Waals surface area contributed by atoms with Crippen molar-refractivity contribution in [1.29, 1.82) is 0 Å². The van der Waals surface area contributed by atoms with E-state index in [4.69, 9.17) is 15.6 Å². The summed E-state index contributed by atoms with van der Waals surface area (Å²) in [6, 6.07) is -1.49. The predicted molar refractivity (Wildman–Crippen MR) is 134 cm³/mol. The van der Waals surface area contributed by atoms with Gasteiger partial charge in [0.25, 0.3) is 0 Å². The first-order valence-electron chi connectivity index (χ1n) is 12.1. The van der Waals surface area contributed by atoms with Crippen LogP contribution in [0.15, 0.2) is 36.5 Å². The van der Waals surface area contributed by atoms with Crippen molar-refractivity contribution in [2.45, 2.75) is 83.3 Å². The van der Waals surface area contributed by atoms with Gasteiger partial charge < -0.3 is 25.6 Å². The average Bonchev–Trinajstić information content (AvgIpc) is 2.82. The first-order chi connectivity index (χ1) is 16.7. The van der Waals surface area contributed by atoms with Crippen LogP contribution in [0.5, 0.6) is 0 Å². The summed E-state index contributed by atoms with van der Waals surface area (Å²) in [6.45, 7) is 0.239. The molecule has 0 aliphatic rings. The number of carboxylic acids is 1. The van der Waals surface area contributed by atoms with Crippen LogP contribution in [0.25, 0.3) is 0 Å². The number of aliphatic carboxylic acids is 1. The van der Waals surface area contributed by atoms with Crippen molar-refractivity contribution in [3.8, 4) is 0 Å². The second-order valence-electron chi connectivity index (χ2n) is 7.99. The van der Waals surface area contributed by atoms with E-state index in [-0.39, 0.29) is 6.42 Å². The molecular weight excluding hydrogens is 477 g/mol. The quantitative estimate of drug-likeness (QED) is 0.0710. The summed E-state index contributed by atoms with van der Waals surface area (Å²) in [5.74, 6) is -1.95. The van der Waals surface area contributed by atoms with Crippen LogP contribution in [0.4, 0.5) is 0 Å². The first kappa shape index (κ1) is 33.2. The minimum Gasteiger partial charge on any atom is -0.480 e. The van der Waals surface area contributed by atoms with Gasteiger partial charge in [0.05, 0.1) is 19.8 Å². The maximum Gasteiger partial charge on any atom is 0.472 e. The Morgan fingerprint density at radius 2 is 1.49 bits per heavy atom. The third-order valence-electron chi connectivity index (χ3n) is 4.74. The van der Waals surface area contributed by atoms with Gasteiger partial charge in [-0.1, -0.05) is 75.5 Å². The van der Waals surface area contributed by atoms with Crippen LogP contribution in [0.3, 0.4) is 0 Å². The molecule has 5 N–H and O–H groups in total. The SMILES string of the molecule is CCCC/C=C/C=C/C=C\CCCCCCCC(=O)OC(CO)COP(=O)(O)OCC(N)C(=O)O. The lowest BCUT2D eigenvalue weighted by atomic mass is 10.1. The zero-order valence-electron chi connectivity index (χ0n) is 20.6. The number of carboxylic acid groups (broad SMARTS) is 1. The van der Waals surface area contributed by atoms with Crippen molar-refractivity contribution >= 4 is 19.8 Å². The highest BCUT2D eigenvalue weighted by molar-refractivity contribution is 7.47. The summed E-state index contributed by atoms with van der Waals surface area (Å²) in [5, 5.41) is 17.9. The number of aliphatic hydroxyl groups excluding tert-OH is 1. The molecule has 0 saturated heterocycles. The van der Waals surface area contributed by atoms with Crippen molar-refractivity contribution in [3.05, 3.63) is 36.5 Å². The molecule has 0 aliphatic heterocycles. The summed E-state index contributed by atoms with van der Waals surface area (Å²) >= 11 is 0. The number of allylic oxidation sites excluding steroid dienone is 6. The highest BCUT2D eigenvalue weighted by Crippen LogP contribution is 2.43. The maximum absolute atomic E-state index is 11.9. The van der Waals surface area contributed by atoms with Crippen LogP contribution in [-0.2, 0) is 27.9 Å². The van der Waals surface area contributed by atoms with Crippen molar-refractivity contribution in [3.63, 3.8) is 0 Å². The molecule has 3 unspecified atom stereocenters. The predicted octanol–water partition coefficient (Wildman–Crippen LogP) is 4.03. The van der Waals surface area contributed by atoms with E-state index >= 15 is 0 Å². The van der Waals surface area contributed by atoms with Crippen molar-refractivity contribution in [1.82, 2.24) is 0 Å². The number of hydrogen-bond acceptors (Lipinski definition) is 8. The Balaban J connectivity index is 3.88. The van der Waals surface area contributed by atoms with Crippen LogP contribution in [0, 0.1) is 0 Å². The lowest BCUT2D eigenvalue weighted by molar-refractivity contribution is -0.153. The first-order valence-corrected chi connectivity index (χ1v) is 13.6. The average molecular weight is 520 g/mol. The Morgan fingerprint density at radius 3 is 2.09 bits per heavy atom. The van der Waals surface area contributed by atoms with E-state index in [1.165, 1.54) is 12.8 Å². The molecule has 0 amide bonds. The third kappa shape index (κ3) is 21.2. The van der Waals surface area contributed by atoms with E-state index in [1.54, 1.807) is 0 Å². The van der Waals surface area contributed by atoms with E-state index in [9.17, 15) is 24.2 Å². The largest absolute Gasteiger partial charge is 0.480 e. The molecule has 11 heteroatoms. The highest BCUT2D eigenvalue weighted by Gasteiger charge is 2.27. The van der Waals surface area contributed by atoms with Gasteiger partial charge in [-0.25, -0.2) is 4.57 Å². The number of hydrogen-bond donors (Lipinski definition) is 4. The van der Waals surface area contributed by atoms with Crippen LogP contribution >= 0.6 is 7.82 Å². The Labute approximate surface area is 208 Å². The molecule has 0 aromatic carbocycles. The molecule has 0 heterocycles. The molecule has 0 spiro atoms. The molecule has 3 atom stereocenters. The summed E-state index contributed by atoms with van der Waals surface area (Å²) < 4.78 is 25.8. The Kier molecular flexibility index (Phi) is 20.4. The van der Waals surface area contributed by atoms with E-state index in [2.05, 4.69) is 34.2 Å². The molecule has 0 rings (SSSR count). The number of rotatable bonds is 22. The van der Waals surface area contributed by atoms with Crippen molar-refractivity contribution in [2.24, 2.45) is 5.73 Å². The number of unbranched alkanes of at least 4 members (excludes halogenated alkanes) is 7. The minimum atomic E-state index is -4.61. The molecule has 202 valence electrons. The number of carbonyl (C=O) groups excluding carboxylic acids is 1. The number of aliphatic hydroxyl groups is 1. The fourth-order valence-corrected chi connectivity index (χ4v) is 3.47. The number of phosphoric ester groups is 1. The topological polar surface area (TPSA) is 166 Å². The van der Waals surface area contributed by atoms with Crippen molar-refractivity contribution in [2.75, 3.05) is 19.8 Å². The van der Waals surface area contributed by atoms with Gasteiger partial charge in [-0.3, -0.25) is 18.6 Å². The van der Waals surface area contributed by atoms with E-state index in [1.807, 2.05) is 18.2 Å². The van der Waals surface area contributed by atoms with Gasteiger partial charge in [-0.2, -0.15) is 0 Å². The highest BCUT2D eigenvalue weighted by atomic mass is 31.2. The van der Waals surface area contributed by atoms with Crippen LogP contribution < -0.4 is 5.73 Å². The van der Waals surface area contributed by atoms with Crippen molar-refractivity contribution < 1.29 is 43.0 Å². The molecule has 0 fully saturated rings. The van der Waals surface area contributed by atoms with Gasteiger partial charge in [-0.05, 0) is 25.7 Å². The summed E-state index contributed by atoms with van der Waals surface area (Å²) in [5.41, 5.74) is 5.17. The van der Waals surface area contributed by atoms with Gasteiger partial charge in [0.2, 0.25) is 0 Å². The molecule has 0 bridgehead atoms. The van der Waals surface area contributed by atoms with Gasteiger partial charge in [0.1, 0.15) is 12.1 Å². The molecular formula is C24H42NO9P. The van der Waals surface area contributed by atoms with E-state index in [0.717, 1.165) is 38.5 Å². The zero-order valence-corrected chi connectivity index (χ0v) is 21.5. The van der Waals surface area contributed by atoms with E-state index in [0.29, 0.717) is 6.42 Å². The Morgan fingerprint density at radius 1 is 0.914 bits per heavy atom.